The Kier molecular flexibility index (Phi) is 63.1. The summed E-state index contributed by atoms with van der Waals surface area (Å²) in [6.07, 6.45) is 104. The van der Waals surface area contributed by atoms with Crippen molar-refractivity contribution < 1.29 is 42.9 Å². The van der Waals surface area contributed by atoms with Crippen LogP contribution in [0.3, 0.4) is 0 Å². The van der Waals surface area contributed by atoms with Gasteiger partial charge >= 0.3 is 17.9 Å². The summed E-state index contributed by atoms with van der Waals surface area (Å²) in [7, 11) is 5.94. The minimum Gasteiger partial charge on any atom is -0.477 e. The van der Waals surface area contributed by atoms with Gasteiger partial charge in [0.2, 0.25) is 0 Å². The van der Waals surface area contributed by atoms with Crippen molar-refractivity contribution >= 4 is 17.9 Å². The zero-order valence-corrected chi connectivity index (χ0v) is 56.5. The molecule has 2 unspecified atom stereocenters. The lowest BCUT2D eigenvalue weighted by Crippen LogP contribution is -2.40. The predicted octanol–water partition coefficient (Wildman–Crippen LogP) is 21.6. The van der Waals surface area contributed by atoms with E-state index in [0.29, 0.717) is 23.9 Å². The zero-order valence-electron chi connectivity index (χ0n) is 56.5. The molecular formula is C80H124NO8+. The molecule has 0 spiro atoms. The van der Waals surface area contributed by atoms with Gasteiger partial charge in [0.25, 0.3) is 6.29 Å². The third-order valence-electron chi connectivity index (χ3n) is 13.5. The fourth-order valence-corrected chi connectivity index (χ4v) is 8.37. The van der Waals surface area contributed by atoms with E-state index in [1.807, 2.05) is 21.1 Å². The summed E-state index contributed by atoms with van der Waals surface area (Å²) in [6.45, 7) is 4.56. The Morgan fingerprint density at radius 1 is 0.337 bits per heavy atom. The second-order valence-corrected chi connectivity index (χ2v) is 23.0. The van der Waals surface area contributed by atoms with Crippen molar-refractivity contribution in [3.63, 3.8) is 0 Å². The topological polar surface area (TPSA) is 108 Å². The largest absolute Gasteiger partial charge is 0.477 e. The van der Waals surface area contributed by atoms with Crippen molar-refractivity contribution in [2.24, 2.45) is 0 Å². The summed E-state index contributed by atoms with van der Waals surface area (Å²) < 4.78 is 22.9. The molecule has 1 N–H and O–H groups in total. The highest BCUT2D eigenvalue weighted by Crippen LogP contribution is 2.14. The maximum absolute atomic E-state index is 12.9. The number of unbranched alkanes of at least 4 members (excludes halogenated alkanes) is 11. The maximum atomic E-state index is 12.9. The van der Waals surface area contributed by atoms with Crippen LogP contribution in [0, 0.1) is 0 Å². The number of allylic oxidation sites excluding steroid dienone is 34. The van der Waals surface area contributed by atoms with Crippen LogP contribution in [0.15, 0.2) is 207 Å². The van der Waals surface area contributed by atoms with E-state index in [1.165, 1.54) is 32.1 Å². The fourth-order valence-electron chi connectivity index (χ4n) is 8.37. The number of carboxylic acid groups (broad SMARTS) is 1. The molecule has 0 heterocycles. The highest BCUT2D eigenvalue weighted by atomic mass is 16.7. The van der Waals surface area contributed by atoms with E-state index in [4.69, 9.17) is 18.9 Å². The summed E-state index contributed by atoms with van der Waals surface area (Å²) in [5, 5.41) is 9.74. The molecular weight excluding hydrogens is 1100 g/mol. The molecule has 0 aliphatic rings. The number of carbonyl (C=O) groups excluding carboxylic acids is 2. The Labute approximate surface area is 544 Å². The van der Waals surface area contributed by atoms with Gasteiger partial charge in [-0.1, -0.05) is 265 Å². The first-order valence-corrected chi connectivity index (χ1v) is 34.2. The summed E-state index contributed by atoms with van der Waals surface area (Å²) in [5.41, 5.74) is 0. The number of rotatable bonds is 60. The van der Waals surface area contributed by atoms with Crippen LogP contribution in [0.1, 0.15) is 219 Å². The Morgan fingerprint density at radius 3 is 0.921 bits per heavy atom. The van der Waals surface area contributed by atoms with Crippen molar-refractivity contribution in [2.45, 2.75) is 232 Å². The van der Waals surface area contributed by atoms with Crippen LogP contribution in [-0.2, 0) is 33.3 Å². The van der Waals surface area contributed by atoms with Crippen LogP contribution in [0.4, 0.5) is 0 Å². The molecule has 0 aliphatic carbocycles. The Morgan fingerprint density at radius 2 is 0.607 bits per heavy atom. The lowest BCUT2D eigenvalue weighted by Gasteiger charge is -2.25. The van der Waals surface area contributed by atoms with E-state index >= 15 is 0 Å². The molecule has 89 heavy (non-hydrogen) atoms. The smallest absolute Gasteiger partial charge is 0.361 e. The van der Waals surface area contributed by atoms with Crippen molar-refractivity contribution in [1.82, 2.24) is 0 Å². The molecule has 0 rings (SSSR count). The molecule has 0 saturated heterocycles. The second-order valence-electron chi connectivity index (χ2n) is 23.0. The van der Waals surface area contributed by atoms with Crippen molar-refractivity contribution in [1.29, 1.82) is 0 Å². The number of quaternary nitrogens is 1. The van der Waals surface area contributed by atoms with E-state index in [-0.39, 0.29) is 32.7 Å². The molecule has 496 valence electrons. The Bertz CT molecular complexity index is 2210. The van der Waals surface area contributed by atoms with Gasteiger partial charge in [0.05, 0.1) is 34.4 Å². The standard InChI is InChI=1S/C80H123NO8/c1-6-8-10-12-14-16-18-20-22-24-26-28-30-32-34-35-36-37-38-39-40-41-42-43-45-47-49-51-53-55-57-59-61-63-65-67-69-71-78(83)89-76(75-88-80(79(84)85)86-73-72-81(3,4)5)74-87-77(82)70-68-66-64-62-60-58-56-54-52-50-48-46-44-33-31-29-27-25-23-21-19-17-15-13-11-9-7-2/h8-11,14-17,20-23,26-29,32-34,36-37,39-40,42-44,47-50,54,56,60,62,76,80H,6-7,12-13,18-19,24-25,30-31,35,38,41,45-46,51-53,55,57-59,61,63-75H2,1-5H3/p+1/b10-8-,11-9-,16-14-,17-15-,22-20-,23-21-,28-26-,29-27-,34-32-,37-36-,40-39-,43-42-,44-33-,49-47-,50-48-,56-54-,62-60-. The normalized spacial score (nSPS) is 14.0. The maximum Gasteiger partial charge on any atom is 0.361 e. The molecule has 0 saturated carbocycles. The number of hydrogen-bond donors (Lipinski definition) is 1. The van der Waals surface area contributed by atoms with Gasteiger partial charge in [-0.25, -0.2) is 4.79 Å². The van der Waals surface area contributed by atoms with Crippen LogP contribution in [-0.4, -0.2) is 87.4 Å². The number of likely N-dealkylation sites (N-methyl/N-ethyl adjacent to an activating group) is 1. The quantitative estimate of drug-likeness (QED) is 0.0211. The summed E-state index contributed by atoms with van der Waals surface area (Å²) in [5.74, 6) is -2.10. The fraction of sp³-hybridized carbons (Fsp3) is 0.537. The van der Waals surface area contributed by atoms with E-state index in [9.17, 15) is 19.5 Å². The zero-order chi connectivity index (χ0) is 64.7. The summed E-state index contributed by atoms with van der Waals surface area (Å²) >= 11 is 0. The number of esters is 2. The van der Waals surface area contributed by atoms with Crippen molar-refractivity contribution in [3.05, 3.63) is 207 Å². The molecule has 0 amide bonds. The average Bonchev–Trinajstić information content (AvgIpc) is 3.70. The van der Waals surface area contributed by atoms with Gasteiger partial charge in [-0.2, -0.15) is 0 Å². The van der Waals surface area contributed by atoms with E-state index < -0.39 is 30.3 Å². The first kappa shape index (κ1) is 82.9. The van der Waals surface area contributed by atoms with Crippen LogP contribution >= 0.6 is 0 Å². The predicted molar refractivity (Wildman–Crippen MR) is 382 cm³/mol. The van der Waals surface area contributed by atoms with Crippen LogP contribution < -0.4 is 0 Å². The molecule has 0 aromatic carbocycles. The SMILES string of the molecule is CC/C=C\C/C=C\C/C=C\C/C=C\C/C=C\C/C=C\C/C=C\C/C=C\C/C=C\CCCCCCCCCCCC(=O)OC(COC(=O)CCCC/C=C\C/C=C\C/C=C\C/C=C\C/C=C\C/C=C\C/C=C\C/C=C\CC)COC(OCC[N+](C)(C)C)C(=O)O. The Hall–Kier alpha value is -6.13. The third kappa shape index (κ3) is 69.2. The average molecular weight is 1230 g/mol. The number of nitrogens with zero attached hydrogens (tertiary/aromatic N) is 1. The molecule has 0 aromatic rings. The van der Waals surface area contributed by atoms with E-state index in [2.05, 4.69) is 220 Å². The molecule has 0 radical (unpaired) electrons. The highest BCUT2D eigenvalue weighted by Gasteiger charge is 2.25. The number of carboxylic acids is 1. The molecule has 0 aromatic heterocycles. The molecule has 9 nitrogen and oxygen atoms in total. The lowest BCUT2D eigenvalue weighted by molar-refractivity contribution is -0.870. The first-order valence-electron chi connectivity index (χ1n) is 34.2. The molecule has 9 heteroatoms. The molecule has 2 atom stereocenters. The van der Waals surface area contributed by atoms with Crippen LogP contribution in [0.5, 0.6) is 0 Å². The number of ether oxygens (including phenoxy) is 4. The minimum absolute atomic E-state index is 0.167. The Balaban J connectivity index is 4.30. The minimum atomic E-state index is -1.54. The van der Waals surface area contributed by atoms with E-state index in [1.54, 1.807) is 0 Å². The van der Waals surface area contributed by atoms with Crippen LogP contribution in [0.25, 0.3) is 0 Å². The van der Waals surface area contributed by atoms with Gasteiger partial charge in [-0.3, -0.25) is 9.59 Å². The monoisotopic (exact) mass is 1230 g/mol. The van der Waals surface area contributed by atoms with Gasteiger partial charge in [-0.15, -0.1) is 0 Å². The van der Waals surface area contributed by atoms with Crippen molar-refractivity contribution in [3.8, 4) is 0 Å². The van der Waals surface area contributed by atoms with Crippen LogP contribution in [0.2, 0.25) is 0 Å². The summed E-state index contributed by atoms with van der Waals surface area (Å²) in [6, 6.07) is 0. The molecule has 0 aliphatic heterocycles. The number of aliphatic carboxylic acids is 1. The van der Waals surface area contributed by atoms with E-state index in [0.717, 1.165) is 148 Å². The van der Waals surface area contributed by atoms with Gasteiger partial charge < -0.3 is 28.5 Å². The summed E-state index contributed by atoms with van der Waals surface area (Å²) in [4.78, 5) is 37.6. The van der Waals surface area contributed by atoms with Gasteiger partial charge in [0.15, 0.2) is 6.10 Å². The number of hydrogen-bond acceptors (Lipinski definition) is 7. The van der Waals surface area contributed by atoms with Gasteiger partial charge in [0.1, 0.15) is 13.2 Å². The first-order chi connectivity index (χ1) is 43.6. The lowest BCUT2D eigenvalue weighted by atomic mass is 10.1. The second kappa shape index (κ2) is 67.8. The number of carbonyl (C=O) groups is 3. The molecule has 0 fully saturated rings. The highest BCUT2D eigenvalue weighted by molar-refractivity contribution is 5.71. The van der Waals surface area contributed by atoms with Gasteiger partial charge in [0, 0.05) is 12.8 Å². The molecule has 0 bridgehead atoms. The van der Waals surface area contributed by atoms with Crippen molar-refractivity contribution in [2.75, 3.05) is 47.5 Å². The third-order valence-corrected chi connectivity index (χ3v) is 13.5. The van der Waals surface area contributed by atoms with Gasteiger partial charge in [-0.05, 0) is 148 Å².